The Morgan fingerprint density at radius 2 is 1.68 bits per heavy atom. The van der Waals surface area contributed by atoms with Crippen LogP contribution in [-0.4, -0.2) is 33.9 Å². The second kappa shape index (κ2) is 9.50. The van der Waals surface area contributed by atoms with E-state index in [1.807, 2.05) is 0 Å². The molecule has 0 atom stereocenters. The third-order valence-corrected chi connectivity index (χ3v) is 4.11. The number of carbonyl (C=O) groups is 2. The van der Waals surface area contributed by atoms with Crippen LogP contribution >= 0.6 is 11.6 Å². The largest absolute Gasteiger partial charge is 0.465 e. The summed E-state index contributed by atoms with van der Waals surface area (Å²) in [6, 6.07) is 11.7. The lowest BCUT2D eigenvalue weighted by Gasteiger charge is -2.10. The molecule has 3 rings (SSSR count). The molecule has 11 nitrogen and oxygen atoms in total. The third kappa shape index (κ3) is 5.22. The first-order chi connectivity index (χ1) is 14.9. The van der Waals surface area contributed by atoms with Gasteiger partial charge in [0.25, 0.3) is 5.91 Å². The van der Waals surface area contributed by atoms with Crippen molar-refractivity contribution in [1.82, 2.24) is 15.4 Å². The summed E-state index contributed by atoms with van der Waals surface area (Å²) in [4.78, 5) is 42.1. The molecule has 1 aromatic heterocycles. The number of aromatic nitrogens is 2. The number of hydrazine groups is 1. The molecule has 1 heterocycles. The number of nitro groups is 1. The Kier molecular flexibility index (Phi) is 6.58. The Morgan fingerprint density at radius 3 is 2.29 bits per heavy atom. The molecule has 0 unspecified atom stereocenters. The number of benzene rings is 2. The first-order valence-electron chi connectivity index (χ1n) is 8.56. The minimum Gasteiger partial charge on any atom is -0.465 e. The maximum atomic E-state index is 12.2. The van der Waals surface area contributed by atoms with Crippen molar-refractivity contribution in [1.29, 1.82) is 0 Å². The number of carbonyl (C=O) groups excluding carboxylic acids is 2. The summed E-state index contributed by atoms with van der Waals surface area (Å²) in [5, 5.41) is 12.0. The summed E-state index contributed by atoms with van der Waals surface area (Å²) < 4.78 is 10.1. The zero-order chi connectivity index (χ0) is 22.4. The Balaban J connectivity index is 1.79. The summed E-state index contributed by atoms with van der Waals surface area (Å²) in [7, 11) is 1.25. The Bertz CT molecular complexity index is 1120. The standard InChI is InChI=1S/C19H14ClN5O6/c1-30-19(27)12-4-8-14(9-5-12)31-18-15(25(28)29)16(21-10-22-18)23-24-17(26)11-2-6-13(20)7-3-11/h2-10H,1H3,(H,24,26)(H,21,22,23). The molecule has 0 aliphatic carbocycles. The fraction of sp³-hybridized carbons (Fsp3) is 0.0526. The van der Waals surface area contributed by atoms with Crippen LogP contribution < -0.4 is 15.6 Å². The van der Waals surface area contributed by atoms with Crippen LogP contribution in [0.1, 0.15) is 20.7 Å². The maximum absolute atomic E-state index is 12.2. The van der Waals surface area contributed by atoms with Crippen LogP contribution in [0.3, 0.4) is 0 Å². The van der Waals surface area contributed by atoms with Crippen LogP contribution in [0.2, 0.25) is 5.02 Å². The van der Waals surface area contributed by atoms with Gasteiger partial charge in [-0.3, -0.25) is 25.8 Å². The Hall–Kier alpha value is -4.25. The fourth-order valence-electron chi connectivity index (χ4n) is 2.37. The van der Waals surface area contributed by atoms with Crippen molar-refractivity contribution in [2.24, 2.45) is 0 Å². The SMILES string of the molecule is COC(=O)c1ccc(Oc2ncnc(NNC(=O)c3ccc(Cl)cc3)c2[N+](=O)[O-])cc1. The Morgan fingerprint density at radius 1 is 1.03 bits per heavy atom. The quantitative estimate of drug-likeness (QED) is 0.318. The molecular weight excluding hydrogens is 430 g/mol. The number of methoxy groups -OCH3 is 1. The van der Waals surface area contributed by atoms with Gasteiger partial charge in [-0.25, -0.2) is 9.78 Å². The zero-order valence-electron chi connectivity index (χ0n) is 15.9. The number of amides is 1. The minimum absolute atomic E-state index is 0.186. The van der Waals surface area contributed by atoms with E-state index < -0.39 is 22.5 Å². The lowest BCUT2D eigenvalue weighted by molar-refractivity contribution is -0.385. The number of rotatable bonds is 7. The molecule has 0 saturated heterocycles. The fourth-order valence-corrected chi connectivity index (χ4v) is 2.50. The summed E-state index contributed by atoms with van der Waals surface area (Å²) in [5.74, 6) is -1.57. The lowest BCUT2D eigenvalue weighted by Crippen LogP contribution is -2.30. The van der Waals surface area contributed by atoms with Crippen molar-refractivity contribution in [2.75, 3.05) is 12.5 Å². The van der Waals surface area contributed by atoms with Gasteiger partial charge in [0.15, 0.2) is 0 Å². The van der Waals surface area contributed by atoms with Crippen molar-refractivity contribution in [3.05, 3.63) is 81.1 Å². The number of anilines is 1. The molecule has 0 radical (unpaired) electrons. The predicted octanol–water partition coefficient (Wildman–Crippen LogP) is 3.37. The number of hydrogen-bond acceptors (Lipinski definition) is 9. The van der Waals surface area contributed by atoms with Gasteiger partial charge in [0.05, 0.1) is 17.6 Å². The highest BCUT2D eigenvalue weighted by molar-refractivity contribution is 6.30. The molecule has 1 amide bonds. The average molecular weight is 444 g/mol. The molecule has 0 aliphatic rings. The number of halogens is 1. The van der Waals surface area contributed by atoms with E-state index in [0.717, 1.165) is 6.33 Å². The second-order valence-electron chi connectivity index (χ2n) is 5.84. The molecule has 12 heteroatoms. The van der Waals surface area contributed by atoms with Crippen LogP contribution in [0, 0.1) is 10.1 Å². The van der Waals surface area contributed by atoms with Gasteiger partial charge < -0.3 is 9.47 Å². The molecule has 2 aromatic carbocycles. The second-order valence-corrected chi connectivity index (χ2v) is 6.27. The highest BCUT2D eigenvalue weighted by Crippen LogP contribution is 2.33. The molecular formula is C19H14ClN5O6. The topological polar surface area (TPSA) is 146 Å². The van der Waals surface area contributed by atoms with Gasteiger partial charge >= 0.3 is 17.5 Å². The number of esters is 1. The first kappa shape index (κ1) is 21.5. The molecule has 31 heavy (non-hydrogen) atoms. The van der Waals surface area contributed by atoms with E-state index in [1.54, 1.807) is 0 Å². The Labute approximate surface area is 180 Å². The predicted molar refractivity (Wildman–Crippen MR) is 109 cm³/mol. The third-order valence-electron chi connectivity index (χ3n) is 3.86. The van der Waals surface area contributed by atoms with Crippen molar-refractivity contribution < 1.29 is 24.0 Å². The molecule has 0 saturated carbocycles. The van der Waals surface area contributed by atoms with Crippen LogP contribution in [0.15, 0.2) is 54.9 Å². The van der Waals surface area contributed by atoms with E-state index in [4.69, 9.17) is 16.3 Å². The molecule has 0 fully saturated rings. The zero-order valence-corrected chi connectivity index (χ0v) is 16.6. The van der Waals surface area contributed by atoms with Gasteiger partial charge in [0.1, 0.15) is 12.1 Å². The average Bonchev–Trinajstić information content (AvgIpc) is 2.77. The summed E-state index contributed by atoms with van der Waals surface area (Å²) in [6.45, 7) is 0. The van der Waals surface area contributed by atoms with Crippen LogP contribution in [0.5, 0.6) is 11.6 Å². The number of nitrogens with zero attached hydrogens (tertiary/aromatic N) is 3. The van der Waals surface area contributed by atoms with Crippen molar-refractivity contribution in [3.8, 4) is 11.6 Å². The van der Waals surface area contributed by atoms with Gasteiger partial charge in [-0.2, -0.15) is 4.98 Å². The highest BCUT2D eigenvalue weighted by atomic mass is 35.5. The highest BCUT2D eigenvalue weighted by Gasteiger charge is 2.25. The van der Waals surface area contributed by atoms with Crippen LogP contribution in [0.25, 0.3) is 0 Å². The van der Waals surface area contributed by atoms with E-state index in [0.29, 0.717) is 5.02 Å². The number of ether oxygens (including phenoxy) is 2. The summed E-state index contributed by atoms with van der Waals surface area (Å²) in [5.41, 5.74) is 4.66. The molecule has 2 N–H and O–H groups in total. The molecule has 0 bridgehead atoms. The van der Waals surface area contributed by atoms with Crippen LogP contribution in [-0.2, 0) is 4.74 Å². The van der Waals surface area contributed by atoms with Crippen molar-refractivity contribution in [3.63, 3.8) is 0 Å². The first-order valence-corrected chi connectivity index (χ1v) is 8.94. The molecule has 158 valence electrons. The van der Waals surface area contributed by atoms with Crippen LogP contribution in [0.4, 0.5) is 11.5 Å². The van der Waals surface area contributed by atoms with E-state index in [2.05, 4.69) is 25.6 Å². The van der Waals surface area contributed by atoms with Gasteiger partial charge in [-0.15, -0.1) is 0 Å². The van der Waals surface area contributed by atoms with E-state index in [1.165, 1.54) is 55.6 Å². The minimum atomic E-state index is -0.755. The van der Waals surface area contributed by atoms with Gasteiger partial charge in [-0.1, -0.05) is 11.6 Å². The van der Waals surface area contributed by atoms with E-state index in [9.17, 15) is 19.7 Å². The summed E-state index contributed by atoms with van der Waals surface area (Å²) in [6.07, 6.45) is 1.03. The monoisotopic (exact) mass is 443 g/mol. The molecule has 0 spiro atoms. The lowest BCUT2D eigenvalue weighted by atomic mass is 10.2. The number of hydrogen-bond donors (Lipinski definition) is 2. The molecule has 0 aliphatic heterocycles. The van der Waals surface area contributed by atoms with E-state index in [-0.39, 0.29) is 28.6 Å². The smallest absolute Gasteiger partial charge is 0.374 e. The number of nitrogens with one attached hydrogen (secondary N) is 2. The van der Waals surface area contributed by atoms with Gasteiger partial charge in [0.2, 0.25) is 5.82 Å². The summed E-state index contributed by atoms with van der Waals surface area (Å²) >= 11 is 5.78. The maximum Gasteiger partial charge on any atom is 0.374 e. The molecule has 3 aromatic rings. The van der Waals surface area contributed by atoms with Crippen molar-refractivity contribution >= 4 is 35.0 Å². The van der Waals surface area contributed by atoms with Gasteiger partial charge in [0, 0.05) is 10.6 Å². The van der Waals surface area contributed by atoms with Crippen molar-refractivity contribution in [2.45, 2.75) is 0 Å². The van der Waals surface area contributed by atoms with E-state index >= 15 is 0 Å². The van der Waals surface area contributed by atoms with Gasteiger partial charge in [-0.05, 0) is 48.5 Å². The normalized spacial score (nSPS) is 10.1.